The Hall–Kier alpha value is -3.35. The average molecular weight is 369 g/mol. The number of amides is 3. The third-order valence-electron chi connectivity index (χ3n) is 3.88. The lowest BCUT2D eigenvalue weighted by molar-refractivity contribution is -0.116. The fourth-order valence-electron chi connectivity index (χ4n) is 2.51. The SMILES string of the molecule is CNC(=O)c1cc(OC)ccc1NC(=O)CC(C)NC(=O)c1ccccc1. The van der Waals surface area contributed by atoms with Crippen molar-refractivity contribution in [3.05, 3.63) is 59.7 Å². The molecule has 1 atom stereocenters. The molecule has 27 heavy (non-hydrogen) atoms. The molecule has 0 saturated heterocycles. The van der Waals surface area contributed by atoms with Crippen molar-refractivity contribution in [1.82, 2.24) is 10.6 Å². The van der Waals surface area contributed by atoms with Gasteiger partial charge in [-0.1, -0.05) is 18.2 Å². The molecule has 142 valence electrons. The molecule has 0 aromatic heterocycles. The van der Waals surface area contributed by atoms with E-state index in [-0.39, 0.29) is 30.2 Å². The number of hydrogen-bond acceptors (Lipinski definition) is 4. The van der Waals surface area contributed by atoms with Crippen molar-refractivity contribution in [1.29, 1.82) is 0 Å². The van der Waals surface area contributed by atoms with Crippen LogP contribution in [0, 0.1) is 0 Å². The molecule has 0 saturated carbocycles. The molecule has 0 aliphatic heterocycles. The minimum Gasteiger partial charge on any atom is -0.497 e. The second kappa shape index (κ2) is 9.38. The third-order valence-corrected chi connectivity index (χ3v) is 3.88. The standard InChI is InChI=1S/C20H23N3O4/c1-13(22-19(25)14-7-5-4-6-8-14)11-18(24)23-17-10-9-15(27-3)12-16(17)20(26)21-2/h4-10,12-13H,11H2,1-3H3,(H,21,26)(H,22,25)(H,23,24). The van der Waals surface area contributed by atoms with Crippen molar-refractivity contribution in [2.75, 3.05) is 19.5 Å². The molecule has 1 unspecified atom stereocenters. The summed E-state index contributed by atoms with van der Waals surface area (Å²) in [5, 5.41) is 8.02. The highest BCUT2D eigenvalue weighted by atomic mass is 16.5. The maximum Gasteiger partial charge on any atom is 0.253 e. The van der Waals surface area contributed by atoms with Gasteiger partial charge in [-0.3, -0.25) is 14.4 Å². The summed E-state index contributed by atoms with van der Waals surface area (Å²) in [6.45, 7) is 1.74. The molecule has 0 radical (unpaired) electrons. The number of methoxy groups -OCH3 is 1. The fraction of sp³-hybridized carbons (Fsp3) is 0.250. The lowest BCUT2D eigenvalue weighted by Gasteiger charge is -2.15. The summed E-state index contributed by atoms with van der Waals surface area (Å²) in [5.41, 5.74) is 1.20. The van der Waals surface area contributed by atoms with Crippen molar-refractivity contribution in [2.45, 2.75) is 19.4 Å². The second-order valence-electron chi connectivity index (χ2n) is 5.98. The average Bonchev–Trinajstić information content (AvgIpc) is 2.68. The van der Waals surface area contributed by atoms with Crippen LogP contribution in [0.5, 0.6) is 5.75 Å². The van der Waals surface area contributed by atoms with Crippen LogP contribution in [0.25, 0.3) is 0 Å². The van der Waals surface area contributed by atoms with Crippen molar-refractivity contribution in [3.8, 4) is 5.75 Å². The first kappa shape index (κ1) is 20.0. The van der Waals surface area contributed by atoms with E-state index in [4.69, 9.17) is 4.74 Å². The Morgan fingerprint density at radius 3 is 2.37 bits per heavy atom. The zero-order valence-corrected chi connectivity index (χ0v) is 15.5. The van der Waals surface area contributed by atoms with E-state index >= 15 is 0 Å². The first-order valence-electron chi connectivity index (χ1n) is 8.50. The highest BCUT2D eigenvalue weighted by Gasteiger charge is 2.17. The molecule has 0 spiro atoms. The van der Waals surface area contributed by atoms with Crippen LogP contribution in [-0.2, 0) is 4.79 Å². The molecule has 0 aliphatic rings. The molecule has 3 amide bonds. The maximum atomic E-state index is 12.3. The summed E-state index contributed by atoms with van der Waals surface area (Å²) in [6.07, 6.45) is 0.0672. The zero-order chi connectivity index (χ0) is 19.8. The highest BCUT2D eigenvalue weighted by molar-refractivity contribution is 6.04. The number of ether oxygens (including phenoxy) is 1. The summed E-state index contributed by atoms with van der Waals surface area (Å²) < 4.78 is 5.12. The molecule has 0 fully saturated rings. The Bertz CT molecular complexity index is 821. The molecule has 0 bridgehead atoms. The number of anilines is 1. The molecule has 7 heteroatoms. The Labute approximate surface area is 158 Å². The summed E-state index contributed by atoms with van der Waals surface area (Å²) in [6, 6.07) is 13.2. The number of benzene rings is 2. The van der Waals surface area contributed by atoms with Gasteiger partial charge in [0.2, 0.25) is 5.91 Å². The van der Waals surface area contributed by atoms with Crippen LogP contribution >= 0.6 is 0 Å². The lowest BCUT2D eigenvalue weighted by atomic mass is 10.1. The van der Waals surface area contributed by atoms with Crippen LogP contribution in [0.3, 0.4) is 0 Å². The molecule has 2 aromatic rings. The number of nitrogens with one attached hydrogen (secondary N) is 3. The van der Waals surface area contributed by atoms with Crippen molar-refractivity contribution < 1.29 is 19.1 Å². The number of rotatable bonds is 7. The van der Waals surface area contributed by atoms with Gasteiger partial charge in [-0.25, -0.2) is 0 Å². The van der Waals surface area contributed by atoms with E-state index < -0.39 is 0 Å². The van der Waals surface area contributed by atoms with Gasteiger partial charge in [-0.05, 0) is 37.3 Å². The Balaban J connectivity index is 2.00. The van der Waals surface area contributed by atoms with E-state index in [1.54, 1.807) is 49.4 Å². The van der Waals surface area contributed by atoms with E-state index in [1.807, 2.05) is 6.07 Å². The summed E-state index contributed by atoms with van der Waals surface area (Å²) in [4.78, 5) is 36.5. The molecular formula is C20H23N3O4. The first-order valence-corrected chi connectivity index (χ1v) is 8.50. The van der Waals surface area contributed by atoms with Gasteiger partial charge in [0, 0.05) is 25.1 Å². The summed E-state index contributed by atoms with van der Waals surface area (Å²) in [5.74, 6) is -0.387. The van der Waals surface area contributed by atoms with E-state index in [0.29, 0.717) is 22.6 Å². The van der Waals surface area contributed by atoms with Gasteiger partial charge in [-0.2, -0.15) is 0 Å². The van der Waals surface area contributed by atoms with Gasteiger partial charge in [0.15, 0.2) is 0 Å². The molecule has 0 heterocycles. The number of carbonyl (C=O) groups is 3. The summed E-state index contributed by atoms with van der Waals surface area (Å²) >= 11 is 0. The normalized spacial score (nSPS) is 11.2. The van der Waals surface area contributed by atoms with E-state index in [9.17, 15) is 14.4 Å². The monoisotopic (exact) mass is 369 g/mol. The summed E-state index contributed by atoms with van der Waals surface area (Å²) in [7, 11) is 3.01. The highest BCUT2D eigenvalue weighted by Crippen LogP contribution is 2.22. The van der Waals surface area contributed by atoms with Crippen molar-refractivity contribution >= 4 is 23.4 Å². The van der Waals surface area contributed by atoms with E-state index in [2.05, 4.69) is 16.0 Å². The minimum absolute atomic E-state index is 0.0672. The van der Waals surface area contributed by atoms with Crippen LogP contribution in [0.15, 0.2) is 48.5 Å². The van der Waals surface area contributed by atoms with Gasteiger partial charge in [0.25, 0.3) is 11.8 Å². The molecule has 0 aliphatic carbocycles. The quantitative estimate of drug-likeness (QED) is 0.697. The Kier molecular flexibility index (Phi) is 6.93. The maximum absolute atomic E-state index is 12.3. The van der Waals surface area contributed by atoms with Crippen molar-refractivity contribution in [2.24, 2.45) is 0 Å². The largest absolute Gasteiger partial charge is 0.497 e. The Morgan fingerprint density at radius 2 is 1.74 bits per heavy atom. The van der Waals surface area contributed by atoms with Gasteiger partial charge >= 0.3 is 0 Å². The van der Waals surface area contributed by atoms with Crippen LogP contribution in [0.4, 0.5) is 5.69 Å². The molecule has 3 N–H and O–H groups in total. The lowest BCUT2D eigenvalue weighted by Crippen LogP contribution is -2.35. The molecule has 2 rings (SSSR count). The van der Waals surface area contributed by atoms with Crippen LogP contribution < -0.4 is 20.7 Å². The fourth-order valence-corrected chi connectivity index (χ4v) is 2.51. The second-order valence-corrected chi connectivity index (χ2v) is 5.98. The molecule has 2 aromatic carbocycles. The zero-order valence-electron chi connectivity index (χ0n) is 15.5. The molecule has 7 nitrogen and oxygen atoms in total. The van der Waals surface area contributed by atoms with E-state index in [0.717, 1.165) is 0 Å². The van der Waals surface area contributed by atoms with Crippen LogP contribution in [-0.4, -0.2) is 37.9 Å². The van der Waals surface area contributed by atoms with Gasteiger partial charge in [0.05, 0.1) is 18.4 Å². The predicted octanol–water partition coefficient (Wildman–Crippen LogP) is 2.20. The topological polar surface area (TPSA) is 96.5 Å². The smallest absolute Gasteiger partial charge is 0.253 e. The first-order chi connectivity index (χ1) is 12.9. The van der Waals surface area contributed by atoms with E-state index in [1.165, 1.54) is 14.2 Å². The number of carbonyl (C=O) groups excluding carboxylic acids is 3. The van der Waals surface area contributed by atoms with Gasteiger partial charge < -0.3 is 20.7 Å². The number of hydrogen-bond donors (Lipinski definition) is 3. The van der Waals surface area contributed by atoms with Gasteiger partial charge in [0.1, 0.15) is 5.75 Å². The predicted molar refractivity (Wildman–Crippen MR) is 103 cm³/mol. The Morgan fingerprint density at radius 1 is 1.04 bits per heavy atom. The minimum atomic E-state index is -0.376. The van der Waals surface area contributed by atoms with Gasteiger partial charge in [-0.15, -0.1) is 0 Å². The third kappa shape index (κ3) is 5.57. The van der Waals surface area contributed by atoms with Crippen molar-refractivity contribution in [3.63, 3.8) is 0 Å². The van der Waals surface area contributed by atoms with Crippen LogP contribution in [0.1, 0.15) is 34.1 Å². The van der Waals surface area contributed by atoms with Crippen LogP contribution in [0.2, 0.25) is 0 Å². The molecular weight excluding hydrogens is 346 g/mol.